The zero-order valence-electron chi connectivity index (χ0n) is 17.9. The highest BCUT2D eigenvalue weighted by molar-refractivity contribution is 6.74. The largest absolute Gasteiger partial charge is 0.410 e. The lowest BCUT2D eigenvalue weighted by molar-refractivity contribution is -0.136. The van der Waals surface area contributed by atoms with Crippen LogP contribution < -0.4 is 0 Å². The van der Waals surface area contributed by atoms with Gasteiger partial charge in [0.15, 0.2) is 8.32 Å². The number of carbonyl (C=O) groups is 1. The zero-order chi connectivity index (χ0) is 20.3. The van der Waals surface area contributed by atoms with Crippen molar-refractivity contribution in [3.63, 3.8) is 0 Å². The normalized spacial score (nSPS) is 26.6. The van der Waals surface area contributed by atoms with Gasteiger partial charge in [-0.15, -0.1) is 0 Å². The molecule has 0 spiro atoms. The Bertz CT molecular complexity index is 723. The van der Waals surface area contributed by atoms with E-state index in [0.29, 0.717) is 6.42 Å². The summed E-state index contributed by atoms with van der Waals surface area (Å²) in [7, 11) is -1.94. The van der Waals surface area contributed by atoms with Crippen molar-refractivity contribution in [3.05, 3.63) is 34.9 Å². The van der Waals surface area contributed by atoms with Crippen LogP contribution in [0.3, 0.4) is 0 Å². The third-order valence-corrected chi connectivity index (χ3v) is 12.0. The topological polar surface area (TPSA) is 29.5 Å². The fraction of sp³-hybridized carbons (Fsp3) is 0.682. The predicted octanol–water partition coefficient (Wildman–Crippen LogP) is 6.12. The molecule has 150 valence electrons. The molecule has 2 fully saturated rings. The van der Waals surface area contributed by atoms with Crippen LogP contribution in [0.2, 0.25) is 23.2 Å². The second kappa shape index (κ2) is 6.60. The minimum atomic E-state index is -1.94. The Morgan fingerprint density at radius 2 is 1.70 bits per heavy atom. The molecule has 0 N–H and O–H groups in total. The highest BCUT2D eigenvalue weighted by Crippen LogP contribution is 2.53. The number of hydrogen-bond acceptors (Lipinski definition) is 2. The summed E-state index contributed by atoms with van der Waals surface area (Å²) in [5, 5.41) is 0.882. The Hall–Kier alpha value is -0.843. The molecule has 0 bridgehead atoms. The fourth-order valence-corrected chi connectivity index (χ4v) is 6.62. The first-order valence-electron chi connectivity index (χ1n) is 10.1. The van der Waals surface area contributed by atoms with Gasteiger partial charge < -0.3 is 9.33 Å². The van der Waals surface area contributed by atoms with Crippen molar-refractivity contribution in [2.45, 2.75) is 95.6 Å². The van der Waals surface area contributed by atoms with Gasteiger partial charge in [0.1, 0.15) is 0 Å². The van der Waals surface area contributed by atoms with Crippen LogP contribution >= 0.6 is 11.6 Å². The van der Waals surface area contributed by atoms with Crippen LogP contribution in [0.4, 0.5) is 0 Å². The summed E-state index contributed by atoms with van der Waals surface area (Å²) in [5.41, 5.74) is 0.654. The molecule has 3 rings (SSSR count). The van der Waals surface area contributed by atoms with Crippen molar-refractivity contribution in [1.82, 2.24) is 4.90 Å². The maximum absolute atomic E-state index is 13.0. The van der Waals surface area contributed by atoms with Crippen molar-refractivity contribution >= 4 is 25.8 Å². The summed E-state index contributed by atoms with van der Waals surface area (Å²) >= 11 is 6.11. The molecule has 2 aliphatic rings. The monoisotopic (exact) mass is 407 g/mol. The molecule has 2 atom stereocenters. The molecule has 0 aliphatic carbocycles. The summed E-state index contributed by atoms with van der Waals surface area (Å²) in [6, 6.07) is 8.18. The van der Waals surface area contributed by atoms with Gasteiger partial charge in [-0.25, -0.2) is 0 Å². The molecule has 0 saturated carbocycles. The van der Waals surface area contributed by atoms with E-state index < -0.39 is 8.32 Å². The first-order chi connectivity index (χ1) is 12.3. The van der Waals surface area contributed by atoms with Crippen LogP contribution in [0, 0.1) is 0 Å². The first-order valence-corrected chi connectivity index (χ1v) is 13.4. The number of carbonyl (C=O) groups excluding carboxylic acids is 1. The SMILES string of the molecule is CC(C)(O[Si](C)(C)C(C)(C)C)[C@H]1CC[C@]2(c3ccc(Cl)cc3)CCC(=O)N12. The number of hydrogen-bond donors (Lipinski definition) is 0. The Labute approximate surface area is 170 Å². The molecule has 5 heteroatoms. The van der Waals surface area contributed by atoms with Crippen LogP contribution in [0.25, 0.3) is 0 Å². The van der Waals surface area contributed by atoms with Gasteiger partial charge in [0.25, 0.3) is 0 Å². The second-order valence-corrected chi connectivity index (χ2v) is 15.5. The lowest BCUT2D eigenvalue weighted by Crippen LogP contribution is -2.57. The van der Waals surface area contributed by atoms with E-state index in [9.17, 15) is 4.79 Å². The summed E-state index contributed by atoms with van der Waals surface area (Å²) in [5.74, 6) is 0.263. The van der Waals surface area contributed by atoms with E-state index in [2.05, 4.69) is 64.7 Å². The maximum Gasteiger partial charge on any atom is 0.223 e. The lowest BCUT2D eigenvalue weighted by atomic mass is 9.86. The molecule has 1 aromatic carbocycles. The average molecular weight is 408 g/mol. The molecule has 0 unspecified atom stereocenters. The van der Waals surface area contributed by atoms with Crippen molar-refractivity contribution in [2.75, 3.05) is 0 Å². The third-order valence-electron chi connectivity index (χ3n) is 7.13. The Morgan fingerprint density at radius 3 is 2.26 bits per heavy atom. The number of amides is 1. The van der Waals surface area contributed by atoms with E-state index in [1.165, 1.54) is 5.56 Å². The zero-order valence-corrected chi connectivity index (χ0v) is 19.6. The fourth-order valence-electron chi connectivity index (χ4n) is 4.74. The smallest absolute Gasteiger partial charge is 0.223 e. The van der Waals surface area contributed by atoms with E-state index in [1.807, 2.05) is 12.1 Å². The molecular formula is C22H34ClNO2Si. The van der Waals surface area contributed by atoms with Gasteiger partial charge in [-0.05, 0) is 68.9 Å². The third kappa shape index (κ3) is 3.49. The quantitative estimate of drug-likeness (QED) is 0.562. The van der Waals surface area contributed by atoms with Crippen LogP contribution in [0.5, 0.6) is 0 Å². The van der Waals surface area contributed by atoms with E-state index in [1.54, 1.807) is 0 Å². The Kier molecular flexibility index (Phi) is 5.11. The lowest BCUT2D eigenvalue weighted by Gasteiger charge is -2.48. The molecule has 0 radical (unpaired) electrons. The van der Waals surface area contributed by atoms with Crippen molar-refractivity contribution in [2.24, 2.45) is 0 Å². The van der Waals surface area contributed by atoms with E-state index in [-0.39, 0.29) is 28.1 Å². The van der Waals surface area contributed by atoms with Gasteiger partial charge in [0.2, 0.25) is 5.91 Å². The minimum Gasteiger partial charge on any atom is -0.410 e. The van der Waals surface area contributed by atoms with Crippen molar-refractivity contribution in [3.8, 4) is 0 Å². The maximum atomic E-state index is 13.0. The van der Waals surface area contributed by atoms with Crippen LogP contribution in [-0.4, -0.2) is 30.8 Å². The second-order valence-electron chi connectivity index (χ2n) is 10.3. The standard InChI is InChI=1S/C22H34ClNO2Si/c1-20(2,3)27(6,7)26-21(4,5)18-12-14-22(15-13-19(25)24(18)22)16-8-10-17(23)11-9-16/h8-11,18H,12-15H2,1-7H3/t18-,22-/m1/s1. The summed E-state index contributed by atoms with van der Waals surface area (Å²) in [6.45, 7) is 15.8. The molecule has 2 aliphatic heterocycles. The Morgan fingerprint density at radius 1 is 1.11 bits per heavy atom. The summed E-state index contributed by atoms with van der Waals surface area (Å²) < 4.78 is 6.85. The number of nitrogens with zero attached hydrogens (tertiary/aromatic N) is 1. The first kappa shape index (κ1) is 20.9. The molecule has 2 heterocycles. The average Bonchev–Trinajstić information content (AvgIpc) is 3.06. The Balaban J connectivity index is 1.94. The van der Waals surface area contributed by atoms with Gasteiger partial charge in [-0.2, -0.15) is 0 Å². The highest BCUT2D eigenvalue weighted by atomic mass is 35.5. The highest BCUT2D eigenvalue weighted by Gasteiger charge is 2.58. The van der Waals surface area contributed by atoms with Crippen LogP contribution in [-0.2, 0) is 14.8 Å². The van der Waals surface area contributed by atoms with Gasteiger partial charge >= 0.3 is 0 Å². The molecule has 3 nitrogen and oxygen atoms in total. The van der Waals surface area contributed by atoms with Crippen molar-refractivity contribution in [1.29, 1.82) is 0 Å². The minimum absolute atomic E-state index is 0.109. The number of halogens is 1. The number of fused-ring (bicyclic) bond motifs is 1. The van der Waals surface area contributed by atoms with Gasteiger partial charge in [0, 0.05) is 11.4 Å². The van der Waals surface area contributed by atoms with Gasteiger partial charge in [0.05, 0.1) is 17.2 Å². The molecule has 1 amide bonds. The summed E-state index contributed by atoms with van der Waals surface area (Å²) in [6.07, 6.45) is 3.49. The summed E-state index contributed by atoms with van der Waals surface area (Å²) in [4.78, 5) is 15.1. The van der Waals surface area contributed by atoms with Crippen LogP contribution in [0.1, 0.15) is 65.9 Å². The van der Waals surface area contributed by atoms with E-state index in [0.717, 1.165) is 24.3 Å². The molecule has 0 aromatic heterocycles. The van der Waals surface area contributed by atoms with E-state index in [4.69, 9.17) is 16.0 Å². The van der Waals surface area contributed by atoms with Gasteiger partial charge in [-0.3, -0.25) is 4.79 Å². The molecule has 2 saturated heterocycles. The van der Waals surface area contributed by atoms with Crippen molar-refractivity contribution < 1.29 is 9.22 Å². The molecule has 1 aromatic rings. The predicted molar refractivity (Wildman–Crippen MR) is 115 cm³/mol. The number of rotatable bonds is 4. The number of benzene rings is 1. The van der Waals surface area contributed by atoms with Crippen LogP contribution in [0.15, 0.2) is 24.3 Å². The van der Waals surface area contributed by atoms with Gasteiger partial charge in [-0.1, -0.05) is 44.5 Å². The van der Waals surface area contributed by atoms with E-state index >= 15 is 0 Å². The molecular weight excluding hydrogens is 374 g/mol. The molecule has 27 heavy (non-hydrogen) atoms.